The van der Waals surface area contributed by atoms with Crippen molar-refractivity contribution in [3.8, 4) is 0 Å². The van der Waals surface area contributed by atoms with E-state index in [9.17, 15) is 9.59 Å². The molecule has 0 heterocycles. The van der Waals surface area contributed by atoms with E-state index in [0.29, 0.717) is 34.9 Å². The molecule has 0 aliphatic heterocycles. The summed E-state index contributed by atoms with van der Waals surface area (Å²) in [4.78, 5) is 27.9. The summed E-state index contributed by atoms with van der Waals surface area (Å²) in [7, 11) is 0. The number of nitrogens with zero attached hydrogens (tertiary/aromatic N) is 1. The second kappa shape index (κ2) is 12.1. The first-order chi connectivity index (χ1) is 14.8. The lowest BCUT2D eigenvalue weighted by molar-refractivity contribution is -0.141. The van der Waals surface area contributed by atoms with E-state index < -0.39 is 6.04 Å². The largest absolute Gasteiger partial charge is 0.352 e. The molecule has 0 aromatic heterocycles. The van der Waals surface area contributed by atoms with Gasteiger partial charge in [0, 0.05) is 34.6 Å². The summed E-state index contributed by atoms with van der Waals surface area (Å²) < 4.78 is 0. The highest BCUT2D eigenvalue weighted by molar-refractivity contribution is 6.36. The van der Waals surface area contributed by atoms with Gasteiger partial charge in [0.05, 0.1) is 0 Å². The molecule has 168 valence electrons. The van der Waals surface area contributed by atoms with Crippen LogP contribution in [-0.4, -0.2) is 28.8 Å². The number of rotatable bonds is 10. The molecule has 4 nitrogen and oxygen atoms in total. The summed E-state index contributed by atoms with van der Waals surface area (Å²) in [6.07, 6.45) is 2.23. The molecule has 2 rings (SSSR count). The van der Waals surface area contributed by atoms with E-state index >= 15 is 0 Å². The van der Waals surface area contributed by atoms with Crippen molar-refractivity contribution in [1.29, 1.82) is 0 Å². The first kappa shape index (κ1) is 25.2. The van der Waals surface area contributed by atoms with Crippen LogP contribution in [0.15, 0.2) is 42.5 Å². The highest BCUT2D eigenvalue weighted by atomic mass is 35.5. The maximum Gasteiger partial charge on any atom is 0.243 e. The Morgan fingerprint density at radius 1 is 1.00 bits per heavy atom. The van der Waals surface area contributed by atoms with Crippen LogP contribution >= 0.6 is 23.2 Å². The maximum atomic E-state index is 13.3. The lowest BCUT2D eigenvalue weighted by Gasteiger charge is -2.32. The zero-order valence-corrected chi connectivity index (χ0v) is 20.3. The number of aryl methyl sites for hydroxylation is 2. The average molecular weight is 463 g/mol. The van der Waals surface area contributed by atoms with Crippen LogP contribution in [0.1, 0.15) is 56.7 Å². The predicted molar refractivity (Wildman–Crippen MR) is 128 cm³/mol. The lowest BCUT2D eigenvalue weighted by Crippen LogP contribution is -2.50. The van der Waals surface area contributed by atoms with E-state index in [2.05, 4.69) is 5.32 Å². The van der Waals surface area contributed by atoms with E-state index in [1.54, 1.807) is 23.1 Å². The number of halogens is 2. The van der Waals surface area contributed by atoms with Crippen LogP contribution in [0.3, 0.4) is 0 Å². The van der Waals surface area contributed by atoms with Gasteiger partial charge in [-0.3, -0.25) is 9.59 Å². The zero-order valence-electron chi connectivity index (χ0n) is 18.8. The van der Waals surface area contributed by atoms with Gasteiger partial charge in [0.25, 0.3) is 0 Å². The molecule has 0 radical (unpaired) electrons. The van der Waals surface area contributed by atoms with E-state index in [1.807, 2.05) is 52.0 Å². The summed E-state index contributed by atoms with van der Waals surface area (Å²) in [6, 6.07) is 12.9. The fraction of sp³-hybridized carbons (Fsp3) is 0.440. The molecule has 0 aliphatic carbocycles. The van der Waals surface area contributed by atoms with Gasteiger partial charge in [0.1, 0.15) is 6.04 Å². The highest BCUT2D eigenvalue weighted by Crippen LogP contribution is 2.27. The fourth-order valence-corrected chi connectivity index (χ4v) is 3.88. The van der Waals surface area contributed by atoms with Crippen molar-refractivity contribution in [3.63, 3.8) is 0 Å². The topological polar surface area (TPSA) is 49.4 Å². The summed E-state index contributed by atoms with van der Waals surface area (Å²) in [5.41, 5.74) is 2.92. The van der Waals surface area contributed by atoms with Crippen molar-refractivity contribution in [2.24, 2.45) is 0 Å². The van der Waals surface area contributed by atoms with Crippen LogP contribution in [-0.2, 0) is 22.6 Å². The van der Waals surface area contributed by atoms with Crippen LogP contribution in [0.4, 0.5) is 0 Å². The molecule has 0 bridgehead atoms. The van der Waals surface area contributed by atoms with Gasteiger partial charge in [-0.25, -0.2) is 0 Å². The number of carbonyl (C=O) groups is 2. The number of amides is 2. The molecule has 0 spiro atoms. The molecular formula is C25H32Cl2N2O2. The number of carbonyl (C=O) groups excluding carboxylic acids is 2. The quantitative estimate of drug-likeness (QED) is 0.473. The minimum absolute atomic E-state index is 0.0370. The predicted octanol–water partition coefficient (Wildman–Crippen LogP) is 5.96. The lowest BCUT2D eigenvalue weighted by atomic mass is 10.0. The second-order valence-corrected chi connectivity index (χ2v) is 8.76. The van der Waals surface area contributed by atoms with Gasteiger partial charge in [0.2, 0.25) is 11.8 Å². The van der Waals surface area contributed by atoms with Crippen LogP contribution in [0.25, 0.3) is 0 Å². The van der Waals surface area contributed by atoms with E-state index in [-0.39, 0.29) is 24.4 Å². The van der Waals surface area contributed by atoms with Gasteiger partial charge in [-0.2, -0.15) is 0 Å². The highest BCUT2D eigenvalue weighted by Gasteiger charge is 2.30. The molecule has 31 heavy (non-hydrogen) atoms. The molecule has 1 N–H and O–H groups in total. The molecule has 2 amide bonds. The Morgan fingerprint density at radius 2 is 1.61 bits per heavy atom. The third kappa shape index (κ3) is 7.26. The van der Waals surface area contributed by atoms with Crippen molar-refractivity contribution < 1.29 is 9.59 Å². The third-order valence-electron chi connectivity index (χ3n) is 5.53. The third-order valence-corrected chi connectivity index (χ3v) is 6.23. The fourth-order valence-electron chi connectivity index (χ4n) is 3.36. The molecule has 0 unspecified atom stereocenters. The Bertz CT molecular complexity index is 863. The van der Waals surface area contributed by atoms with Gasteiger partial charge in [-0.05, 0) is 50.8 Å². The molecule has 0 saturated heterocycles. The molecule has 2 aromatic rings. The number of hydrogen-bond acceptors (Lipinski definition) is 2. The molecule has 2 atom stereocenters. The SMILES string of the molecule is CC[C@@H](C)NC(=O)[C@H](CC)N(Cc1c(Cl)cccc1Cl)C(=O)CCc1ccc(C)cc1. The number of hydrogen-bond donors (Lipinski definition) is 1. The van der Waals surface area contributed by atoms with Crippen molar-refractivity contribution in [2.45, 2.75) is 72.0 Å². The van der Waals surface area contributed by atoms with Crippen LogP contribution in [0.5, 0.6) is 0 Å². The minimum atomic E-state index is -0.591. The van der Waals surface area contributed by atoms with Crippen molar-refractivity contribution in [3.05, 3.63) is 69.2 Å². The summed E-state index contributed by atoms with van der Waals surface area (Å²) in [5, 5.41) is 3.99. The molecule has 2 aromatic carbocycles. The van der Waals surface area contributed by atoms with Crippen LogP contribution in [0, 0.1) is 6.92 Å². The smallest absolute Gasteiger partial charge is 0.243 e. The first-order valence-electron chi connectivity index (χ1n) is 10.8. The molecule has 0 fully saturated rings. The van der Waals surface area contributed by atoms with E-state index in [4.69, 9.17) is 23.2 Å². The van der Waals surface area contributed by atoms with E-state index in [0.717, 1.165) is 12.0 Å². The Hall–Kier alpha value is -2.04. The molecule has 6 heteroatoms. The Morgan fingerprint density at radius 3 is 2.16 bits per heavy atom. The monoisotopic (exact) mass is 462 g/mol. The minimum Gasteiger partial charge on any atom is -0.352 e. The molecule has 0 saturated carbocycles. The van der Waals surface area contributed by atoms with Crippen molar-refractivity contribution >= 4 is 35.0 Å². The Labute approximate surface area is 195 Å². The average Bonchev–Trinajstić information content (AvgIpc) is 2.74. The van der Waals surface area contributed by atoms with Gasteiger partial charge in [0.15, 0.2) is 0 Å². The van der Waals surface area contributed by atoms with Crippen molar-refractivity contribution in [1.82, 2.24) is 10.2 Å². The molecular weight excluding hydrogens is 431 g/mol. The standard InChI is InChI=1S/C25H32Cl2N2O2/c1-5-18(4)28-25(31)23(6-2)29(16-20-21(26)8-7-9-22(20)27)24(30)15-14-19-12-10-17(3)11-13-19/h7-13,18,23H,5-6,14-16H2,1-4H3,(H,28,31)/t18-,23+/m1/s1. The van der Waals surface area contributed by atoms with Crippen molar-refractivity contribution in [2.75, 3.05) is 0 Å². The van der Waals surface area contributed by atoms with Gasteiger partial charge >= 0.3 is 0 Å². The first-order valence-corrected chi connectivity index (χ1v) is 11.6. The van der Waals surface area contributed by atoms with Crippen LogP contribution < -0.4 is 5.32 Å². The number of benzene rings is 2. The normalized spacial score (nSPS) is 12.8. The number of nitrogens with one attached hydrogen (secondary N) is 1. The van der Waals surface area contributed by atoms with Crippen LogP contribution in [0.2, 0.25) is 10.0 Å². The Balaban J connectivity index is 2.27. The van der Waals surface area contributed by atoms with Gasteiger partial charge < -0.3 is 10.2 Å². The van der Waals surface area contributed by atoms with Gasteiger partial charge in [-0.1, -0.05) is 72.9 Å². The molecule has 0 aliphatic rings. The second-order valence-electron chi connectivity index (χ2n) is 7.95. The van der Waals surface area contributed by atoms with Gasteiger partial charge in [-0.15, -0.1) is 0 Å². The zero-order chi connectivity index (χ0) is 23.0. The van der Waals surface area contributed by atoms with E-state index in [1.165, 1.54) is 5.56 Å². The maximum absolute atomic E-state index is 13.3. The Kier molecular flexibility index (Phi) is 9.86. The summed E-state index contributed by atoms with van der Waals surface area (Å²) >= 11 is 12.8. The summed E-state index contributed by atoms with van der Waals surface area (Å²) in [6.45, 7) is 8.11. The summed E-state index contributed by atoms with van der Waals surface area (Å²) in [5.74, 6) is -0.244.